The highest BCUT2D eigenvalue weighted by atomic mass is 19.1. The van der Waals surface area contributed by atoms with Crippen molar-refractivity contribution >= 4 is 11.8 Å². The van der Waals surface area contributed by atoms with E-state index in [0.29, 0.717) is 19.4 Å². The van der Waals surface area contributed by atoms with Crippen molar-refractivity contribution in [3.8, 4) is 0 Å². The van der Waals surface area contributed by atoms with Gasteiger partial charge in [-0.25, -0.2) is 4.39 Å². The lowest BCUT2D eigenvalue weighted by atomic mass is 10.0. The lowest BCUT2D eigenvalue weighted by Gasteiger charge is -2.23. The molecule has 24 heavy (non-hydrogen) atoms. The highest BCUT2D eigenvalue weighted by Crippen LogP contribution is 2.13. The molecule has 1 heterocycles. The van der Waals surface area contributed by atoms with E-state index in [9.17, 15) is 19.1 Å². The Hall–Kier alpha value is -1.99. The van der Waals surface area contributed by atoms with Gasteiger partial charge < -0.3 is 20.5 Å². The van der Waals surface area contributed by atoms with E-state index < -0.39 is 30.1 Å². The van der Waals surface area contributed by atoms with Crippen LogP contribution in [0.25, 0.3) is 0 Å². The van der Waals surface area contributed by atoms with Crippen LogP contribution in [0.15, 0.2) is 24.3 Å². The van der Waals surface area contributed by atoms with E-state index in [0.717, 1.165) is 0 Å². The predicted molar refractivity (Wildman–Crippen MR) is 85.6 cm³/mol. The van der Waals surface area contributed by atoms with Gasteiger partial charge in [-0.05, 0) is 43.0 Å². The zero-order chi connectivity index (χ0) is 17.7. The number of ether oxygens (including phenoxy) is 1. The monoisotopic (exact) mass is 338 g/mol. The highest BCUT2D eigenvalue weighted by Gasteiger charge is 2.31. The number of amides is 2. The van der Waals surface area contributed by atoms with E-state index in [1.807, 2.05) is 13.8 Å². The summed E-state index contributed by atoms with van der Waals surface area (Å²) in [7, 11) is 0. The lowest BCUT2D eigenvalue weighted by molar-refractivity contribution is -0.127. The van der Waals surface area contributed by atoms with E-state index in [-0.39, 0.29) is 17.4 Å². The van der Waals surface area contributed by atoms with Crippen molar-refractivity contribution in [1.82, 2.24) is 10.6 Å². The van der Waals surface area contributed by atoms with Crippen LogP contribution in [0, 0.1) is 11.7 Å². The zero-order valence-corrected chi connectivity index (χ0v) is 13.8. The number of benzene rings is 1. The molecule has 1 aliphatic rings. The molecule has 0 aromatic heterocycles. The fourth-order valence-corrected chi connectivity index (χ4v) is 2.55. The van der Waals surface area contributed by atoms with Crippen LogP contribution in [0.3, 0.4) is 0 Å². The first kappa shape index (κ1) is 18.4. The van der Waals surface area contributed by atoms with Gasteiger partial charge in [0.25, 0.3) is 5.91 Å². The average molecular weight is 338 g/mol. The van der Waals surface area contributed by atoms with Crippen molar-refractivity contribution in [3.63, 3.8) is 0 Å². The maximum Gasteiger partial charge on any atom is 0.251 e. The number of carbonyl (C=O) groups excluding carboxylic acids is 2. The summed E-state index contributed by atoms with van der Waals surface area (Å²) >= 11 is 0. The molecular weight excluding hydrogens is 315 g/mol. The minimum Gasteiger partial charge on any atom is -0.366 e. The van der Waals surface area contributed by atoms with Gasteiger partial charge in [-0.3, -0.25) is 9.59 Å². The van der Waals surface area contributed by atoms with Crippen molar-refractivity contribution < 1.29 is 23.8 Å². The molecule has 3 N–H and O–H groups in total. The second kappa shape index (κ2) is 8.21. The lowest BCUT2D eigenvalue weighted by Crippen LogP contribution is -2.51. The van der Waals surface area contributed by atoms with E-state index in [1.54, 1.807) is 0 Å². The normalized spacial score (nSPS) is 21.5. The fraction of sp³-hybridized carbons (Fsp3) is 0.529. The Balaban J connectivity index is 2.02. The summed E-state index contributed by atoms with van der Waals surface area (Å²) in [5, 5.41) is 15.0. The van der Waals surface area contributed by atoms with Gasteiger partial charge in [0.05, 0.1) is 12.6 Å². The summed E-state index contributed by atoms with van der Waals surface area (Å²) in [6.45, 7) is 4.26. The molecule has 1 saturated heterocycles. The molecular formula is C17H23FN2O4. The standard InChI is InChI=1S/C17H23FN2O4/c1-10(2)9-14(16(22)19-13-7-8-24-17(13)23)20-15(21)11-3-5-12(18)6-4-11/h3-6,10,13-14,17,23H,7-9H2,1-2H3,(H,19,22)(H,20,21)/t13-,14-,17?/m0/s1. The molecule has 0 spiro atoms. The topological polar surface area (TPSA) is 87.7 Å². The first-order valence-electron chi connectivity index (χ1n) is 8.03. The smallest absolute Gasteiger partial charge is 0.251 e. The molecule has 132 valence electrons. The summed E-state index contributed by atoms with van der Waals surface area (Å²) in [4.78, 5) is 24.7. The van der Waals surface area contributed by atoms with Crippen molar-refractivity contribution in [2.24, 2.45) is 5.92 Å². The molecule has 7 heteroatoms. The number of nitrogens with one attached hydrogen (secondary N) is 2. The second-order valence-electron chi connectivity index (χ2n) is 6.33. The number of carbonyl (C=O) groups is 2. The number of halogens is 1. The Morgan fingerprint density at radius 3 is 2.54 bits per heavy atom. The Kier molecular flexibility index (Phi) is 6.28. The number of hydrogen-bond donors (Lipinski definition) is 3. The largest absolute Gasteiger partial charge is 0.366 e. The summed E-state index contributed by atoms with van der Waals surface area (Å²) in [5.74, 6) is -1.06. The summed E-state index contributed by atoms with van der Waals surface area (Å²) in [6.07, 6.45) is -0.0585. The van der Waals surface area contributed by atoms with Crippen LogP contribution in [0.5, 0.6) is 0 Å². The Labute approximate surface area is 140 Å². The molecule has 2 amide bonds. The summed E-state index contributed by atoms with van der Waals surface area (Å²) in [6, 6.07) is 3.90. The molecule has 3 atom stereocenters. The number of rotatable bonds is 6. The quantitative estimate of drug-likeness (QED) is 0.727. The van der Waals surface area contributed by atoms with Gasteiger partial charge in [0.15, 0.2) is 6.29 Å². The van der Waals surface area contributed by atoms with Crippen LogP contribution in [-0.2, 0) is 9.53 Å². The van der Waals surface area contributed by atoms with Gasteiger partial charge >= 0.3 is 0 Å². The van der Waals surface area contributed by atoms with Gasteiger partial charge in [-0.15, -0.1) is 0 Å². The predicted octanol–water partition coefficient (Wildman–Crippen LogP) is 1.19. The van der Waals surface area contributed by atoms with Gasteiger partial charge in [-0.1, -0.05) is 13.8 Å². The molecule has 0 saturated carbocycles. The van der Waals surface area contributed by atoms with Crippen molar-refractivity contribution in [2.75, 3.05) is 6.61 Å². The molecule has 0 radical (unpaired) electrons. The minimum absolute atomic E-state index is 0.180. The fourth-order valence-electron chi connectivity index (χ4n) is 2.55. The highest BCUT2D eigenvalue weighted by molar-refractivity contribution is 5.97. The summed E-state index contributed by atoms with van der Waals surface area (Å²) < 4.78 is 18.0. The molecule has 2 rings (SSSR count). The van der Waals surface area contributed by atoms with Gasteiger partial charge in [0, 0.05) is 5.56 Å². The van der Waals surface area contributed by atoms with Gasteiger partial charge in [0.1, 0.15) is 11.9 Å². The van der Waals surface area contributed by atoms with Crippen LogP contribution >= 0.6 is 0 Å². The molecule has 1 aromatic carbocycles. The Morgan fingerprint density at radius 2 is 2.00 bits per heavy atom. The van der Waals surface area contributed by atoms with Crippen LogP contribution in [0.4, 0.5) is 4.39 Å². The van der Waals surface area contributed by atoms with Crippen molar-refractivity contribution in [2.45, 2.75) is 45.1 Å². The minimum atomic E-state index is -1.03. The van der Waals surface area contributed by atoms with E-state index in [2.05, 4.69) is 10.6 Å². The Morgan fingerprint density at radius 1 is 1.33 bits per heavy atom. The number of aliphatic hydroxyl groups excluding tert-OH is 1. The first-order valence-corrected chi connectivity index (χ1v) is 8.03. The molecule has 1 aromatic rings. The van der Waals surface area contributed by atoms with Gasteiger partial charge in [0.2, 0.25) is 5.91 Å². The average Bonchev–Trinajstić information content (AvgIpc) is 2.92. The second-order valence-corrected chi connectivity index (χ2v) is 6.33. The molecule has 1 fully saturated rings. The number of aliphatic hydroxyl groups is 1. The third-order valence-electron chi connectivity index (χ3n) is 3.82. The molecule has 1 aliphatic heterocycles. The van der Waals surface area contributed by atoms with E-state index >= 15 is 0 Å². The molecule has 1 unspecified atom stereocenters. The van der Waals surface area contributed by atoms with Crippen LogP contribution in [-0.4, -0.2) is 41.9 Å². The van der Waals surface area contributed by atoms with E-state index in [4.69, 9.17) is 4.74 Å². The molecule has 0 bridgehead atoms. The van der Waals surface area contributed by atoms with Gasteiger partial charge in [-0.2, -0.15) is 0 Å². The van der Waals surface area contributed by atoms with Crippen LogP contribution < -0.4 is 10.6 Å². The molecule has 6 nitrogen and oxygen atoms in total. The summed E-state index contributed by atoms with van der Waals surface area (Å²) in [5.41, 5.74) is 0.280. The Bertz CT molecular complexity index is 576. The molecule has 0 aliphatic carbocycles. The SMILES string of the molecule is CC(C)C[C@H](NC(=O)c1ccc(F)cc1)C(=O)N[C@H]1CCOC1O. The maximum absolute atomic E-state index is 12.9. The maximum atomic E-state index is 12.9. The third-order valence-corrected chi connectivity index (χ3v) is 3.82. The van der Waals surface area contributed by atoms with Crippen molar-refractivity contribution in [3.05, 3.63) is 35.6 Å². The third kappa shape index (κ3) is 5.01. The van der Waals surface area contributed by atoms with Crippen LogP contribution in [0.1, 0.15) is 37.0 Å². The number of hydrogen-bond acceptors (Lipinski definition) is 4. The zero-order valence-electron chi connectivity index (χ0n) is 13.8. The first-order chi connectivity index (χ1) is 11.4. The van der Waals surface area contributed by atoms with Crippen molar-refractivity contribution in [1.29, 1.82) is 0 Å². The van der Waals surface area contributed by atoms with E-state index in [1.165, 1.54) is 24.3 Å². The van der Waals surface area contributed by atoms with Crippen LogP contribution in [0.2, 0.25) is 0 Å².